The molecule has 3 rings (SSSR count). The third-order valence-electron chi connectivity index (χ3n) is 4.97. The molecule has 2 heterocycles. The van der Waals surface area contributed by atoms with Crippen LogP contribution in [0.4, 0.5) is 0 Å². The van der Waals surface area contributed by atoms with E-state index in [4.69, 9.17) is 0 Å². The number of hydrogen-bond acceptors (Lipinski definition) is 2. The van der Waals surface area contributed by atoms with Gasteiger partial charge < -0.3 is 0 Å². The summed E-state index contributed by atoms with van der Waals surface area (Å²) in [5.74, 6) is 0. The Morgan fingerprint density at radius 2 is 0.964 bits per heavy atom. The minimum atomic E-state index is -1.66. The second kappa shape index (κ2) is 8.63. The number of benzene rings is 1. The molecule has 0 fully saturated rings. The molecule has 0 saturated heterocycles. The molecule has 0 spiro atoms. The molecular weight excluding hydrogens is 372 g/mol. The third-order valence-corrected chi connectivity index (χ3v) is 10.2. The molecule has 0 atom stereocenters. The highest BCUT2D eigenvalue weighted by Crippen LogP contribution is 2.13. The standard InChI is InChI=1S/C24H28N2Si2/c1-27(2,23-9-5-7-17-25-23)19-15-21-11-13-22(14-12-21)16-20-28(3,4)24-10-6-8-18-26-24/h5-20H,1-4H3/b19-15+,20-16+. The normalized spacial score (nSPS) is 12.7. The van der Waals surface area contributed by atoms with Gasteiger partial charge in [-0.1, -0.05) is 86.1 Å². The number of aromatic nitrogens is 2. The minimum Gasteiger partial charge on any atom is -0.266 e. The molecule has 0 amide bonds. The van der Waals surface area contributed by atoms with Crippen molar-refractivity contribution in [2.24, 2.45) is 0 Å². The highest BCUT2D eigenvalue weighted by atomic mass is 28.3. The first kappa shape index (κ1) is 20.2. The Bertz CT molecular complexity index is 864. The average molecular weight is 401 g/mol. The summed E-state index contributed by atoms with van der Waals surface area (Å²) in [4.78, 5) is 9.10. The quantitative estimate of drug-likeness (QED) is 0.555. The third kappa shape index (κ3) is 5.24. The molecule has 4 heteroatoms. The molecule has 3 aromatic rings. The van der Waals surface area contributed by atoms with Crippen molar-refractivity contribution in [3.63, 3.8) is 0 Å². The zero-order valence-corrected chi connectivity index (χ0v) is 19.1. The van der Waals surface area contributed by atoms with Gasteiger partial charge in [-0.05, 0) is 35.4 Å². The van der Waals surface area contributed by atoms with Gasteiger partial charge in [0.1, 0.15) is 16.1 Å². The maximum absolute atomic E-state index is 4.55. The van der Waals surface area contributed by atoms with Gasteiger partial charge in [-0.25, -0.2) is 0 Å². The van der Waals surface area contributed by atoms with Gasteiger partial charge in [0.15, 0.2) is 0 Å². The Balaban J connectivity index is 1.70. The van der Waals surface area contributed by atoms with E-state index in [1.807, 2.05) is 24.5 Å². The fourth-order valence-corrected chi connectivity index (χ4v) is 6.41. The van der Waals surface area contributed by atoms with Crippen molar-refractivity contribution < 1.29 is 0 Å². The van der Waals surface area contributed by atoms with Crippen LogP contribution in [0.15, 0.2) is 84.5 Å². The Morgan fingerprint density at radius 3 is 1.29 bits per heavy atom. The molecule has 0 unspecified atom stereocenters. The first-order chi connectivity index (χ1) is 13.4. The Kier molecular flexibility index (Phi) is 6.22. The molecule has 0 bridgehead atoms. The van der Waals surface area contributed by atoms with Gasteiger partial charge >= 0.3 is 0 Å². The smallest absolute Gasteiger partial charge is 0.127 e. The summed E-state index contributed by atoms with van der Waals surface area (Å²) in [5, 5.41) is 2.43. The van der Waals surface area contributed by atoms with Crippen LogP contribution < -0.4 is 10.6 Å². The van der Waals surface area contributed by atoms with Gasteiger partial charge in [0, 0.05) is 23.0 Å². The number of pyridine rings is 2. The maximum atomic E-state index is 4.55. The van der Waals surface area contributed by atoms with Crippen molar-refractivity contribution in [3.8, 4) is 0 Å². The molecular formula is C24H28N2Si2. The SMILES string of the molecule is C[Si](C)(/C=C/c1ccc(/C=C/[Si](C)(C)c2ccccn2)cc1)c1ccccn1. The molecule has 28 heavy (non-hydrogen) atoms. The van der Waals surface area contributed by atoms with Crippen molar-refractivity contribution in [2.45, 2.75) is 26.2 Å². The van der Waals surface area contributed by atoms with Crippen LogP contribution in [0.25, 0.3) is 12.2 Å². The van der Waals surface area contributed by atoms with E-state index in [-0.39, 0.29) is 0 Å². The van der Waals surface area contributed by atoms with Crippen LogP contribution in [0, 0.1) is 0 Å². The Morgan fingerprint density at radius 1 is 0.571 bits per heavy atom. The van der Waals surface area contributed by atoms with E-state index in [2.05, 4.69) is 108 Å². The largest absolute Gasteiger partial charge is 0.266 e. The van der Waals surface area contributed by atoms with E-state index in [0.29, 0.717) is 0 Å². The lowest BCUT2D eigenvalue weighted by molar-refractivity contribution is 1.37. The van der Waals surface area contributed by atoms with E-state index < -0.39 is 16.1 Å². The lowest BCUT2D eigenvalue weighted by Gasteiger charge is -2.17. The van der Waals surface area contributed by atoms with Crippen molar-refractivity contribution in [2.75, 3.05) is 0 Å². The average Bonchev–Trinajstić information content (AvgIpc) is 2.73. The number of hydrogen-bond donors (Lipinski definition) is 0. The predicted octanol–water partition coefficient (Wildman–Crippen LogP) is 4.81. The molecule has 0 aliphatic heterocycles. The molecule has 2 nitrogen and oxygen atoms in total. The van der Waals surface area contributed by atoms with Crippen LogP contribution in [0.2, 0.25) is 26.2 Å². The van der Waals surface area contributed by atoms with Gasteiger partial charge in [-0.2, -0.15) is 0 Å². The molecule has 0 radical (unpaired) electrons. The minimum absolute atomic E-state index is 1.22. The first-order valence-corrected chi connectivity index (χ1v) is 15.8. The summed E-state index contributed by atoms with van der Waals surface area (Å²) in [6.07, 6.45) is 8.24. The molecule has 0 N–H and O–H groups in total. The zero-order valence-electron chi connectivity index (χ0n) is 17.1. The van der Waals surface area contributed by atoms with Crippen molar-refractivity contribution >= 4 is 38.9 Å². The van der Waals surface area contributed by atoms with Crippen molar-refractivity contribution in [1.82, 2.24) is 9.97 Å². The van der Waals surface area contributed by atoms with Gasteiger partial charge in [-0.3, -0.25) is 9.97 Å². The molecule has 2 aromatic heterocycles. The Labute approximate surface area is 170 Å². The second-order valence-corrected chi connectivity index (χ2v) is 16.8. The van der Waals surface area contributed by atoms with Crippen LogP contribution in [0.3, 0.4) is 0 Å². The summed E-state index contributed by atoms with van der Waals surface area (Å²) in [7, 11) is -3.32. The highest BCUT2D eigenvalue weighted by Gasteiger charge is 2.21. The molecule has 1 aromatic carbocycles. The van der Waals surface area contributed by atoms with Gasteiger partial charge in [0.05, 0.1) is 0 Å². The highest BCUT2D eigenvalue weighted by molar-refractivity contribution is 6.94. The maximum Gasteiger partial charge on any atom is 0.127 e. The lowest BCUT2D eigenvalue weighted by atomic mass is 10.1. The summed E-state index contributed by atoms with van der Waals surface area (Å²) >= 11 is 0. The fourth-order valence-electron chi connectivity index (χ4n) is 2.99. The summed E-state index contributed by atoms with van der Waals surface area (Å²) in [6.45, 7) is 9.31. The molecule has 0 aliphatic carbocycles. The number of rotatable bonds is 6. The molecule has 0 aliphatic rings. The molecule has 0 saturated carbocycles. The zero-order chi connectivity index (χ0) is 20.0. The van der Waals surface area contributed by atoms with E-state index in [1.54, 1.807) is 0 Å². The van der Waals surface area contributed by atoms with Crippen LogP contribution in [0.5, 0.6) is 0 Å². The lowest BCUT2D eigenvalue weighted by Crippen LogP contribution is -2.41. The van der Waals surface area contributed by atoms with Crippen molar-refractivity contribution in [1.29, 1.82) is 0 Å². The Hall–Kier alpha value is -2.57. The van der Waals surface area contributed by atoms with Crippen molar-refractivity contribution in [3.05, 3.63) is 95.6 Å². The van der Waals surface area contributed by atoms with E-state index in [0.717, 1.165) is 0 Å². The van der Waals surface area contributed by atoms with Gasteiger partial charge in [-0.15, -0.1) is 0 Å². The number of nitrogens with zero attached hydrogens (tertiary/aromatic N) is 2. The second-order valence-electron chi connectivity index (χ2n) is 8.21. The van der Waals surface area contributed by atoms with E-state index in [1.165, 1.54) is 21.8 Å². The first-order valence-electron chi connectivity index (χ1n) is 9.68. The summed E-state index contributed by atoms with van der Waals surface area (Å²) in [5.41, 5.74) is 7.18. The summed E-state index contributed by atoms with van der Waals surface area (Å²) < 4.78 is 0. The van der Waals surface area contributed by atoms with E-state index in [9.17, 15) is 0 Å². The van der Waals surface area contributed by atoms with Crippen LogP contribution in [-0.2, 0) is 0 Å². The fraction of sp³-hybridized carbons (Fsp3) is 0.167. The van der Waals surface area contributed by atoms with E-state index >= 15 is 0 Å². The van der Waals surface area contributed by atoms with Crippen LogP contribution in [-0.4, -0.2) is 26.1 Å². The van der Waals surface area contributed by atoms with Gasteiger partial charge in [0.25, 0.3) is 0 Å². The van der Waals surface area contributed by atoms with Gasteiger partial charge in [0.2, 0.25) is 0 Å². The topological polar surface area (TPSA) is 25.8 Å². The van der Waals surface area contributed by atoms with Crippen LogP contribution >= 0.6 is 0 Å². The van der Waals surface area contributed by atoms with Crippen LogP contribution in [0.1, 0.15) is 11.1 Å². The predicted molar refractivity (Wildman–Crippen MR) is 127 cm³/mol. The molecule has 142 valence electrons. The monoisotopic (exact) mass is 400 g/mol. The summed E-state index contributed by atoms with van der Waals surface area (Å²) in [6, 6.07) is 21.1.